The molecule has 0 atom stereocenters. The van der Waals surface area contributed by atoms with E-state index < -0.39 is 0 Å². The molecule has 1 aromatic heterocycles. The third-order valence-electron chi connectivity index (χ3n) is 5.02. The first-order chi connectivity index (χ1) is 13.5. The quantitative estimate of drug-likeness (QED) is 0.691. The molecule has 1 aliphatic heterocycles. The van der Waals surface area contributed by atoms with Crippen molar-refractivity contribution >= 4 is 11.3 Å². The van der Waals surface area contributed by atoms with Gasteiger partial charge in [0.05, 0.1) is 31.0 Å². The van der Waals surface area contributed by atoms with Gasteiger partial charge in [0, 0.05) is 37.1 Å². The van der Waals surface area contributed by atoms with Crippen LogP contribution in [0.3, 0.4) is 0 Å². The van der Waals surface area contributed by atoms with Crippen molar-refractivity contribution in [1.82, 2.24) is 15.2 Å². The fraction of sp³-hybridized carbons (Fsp3) is 0.571. The molecule has 2 aromatic rings. The lowest BCUT2D eigenvalue weighted by Crippen LogP contribution is -2.54. The summed E-state index contributed by atoms with van der Waals surface area (Å²) in [6.07, 6.45) is 0. The minimum atomic E-state index is 0.0998. The van der Waals surface area contributed by atoms with E-state index in [-0.39, 0.29) is 5.54 Å². The third kappa shape index (κ3) is 5.67. The second-order valence-electron chi connectivity index (χ2n) is 7.65. The maximum Gasteiger partial charge on any atom is 0.161 e. The number of thiazole rings is 1. The van der Waals surface area contributed by atoms with Crippen molar-refractivity contribution in [1.29, 1.82) is 0 Å². The molecule has 28 heavy (non-hydrogen) atoms. The van der Waals surface area contributed by atoms with Gasteiger partial charge >= 0.3 is 0 Å². The summed E-state index contributed by atoms with van der Waals surface area (Å²) in [6, 6.07) is 6.09. The topological polar surface area (TPSA) is 55.9 Å². The highest BCUT2D eigenvalue weighted by molar-refractivity contribution is 7.09. The highest BCUT2D eigenvalue weighted by Gasteiger charge is 2.27. The molecule has 1 fully saturated rings. The summed E-state index contributed by atoms with van der Waals surface area (Å²) >= 11 is 1.63. The molecule has 0 saturated carbocycles. The van der Waals surface area contributed by atoms with Gasteiger partial charge in [0.2, 0.25) is 0 Å². The maximum absolute atomic E-state index is 5.90. The molecule has 6 nitrogen and oxygen atoms in total. The number of benzene rings is 1. The van der Waals surface area contributed by atoms with Crippen LogP contribution in [0.4, 0.5) is 0 Å². The van der Waals surface area contributed by atoms with Crippen molar-refractivity contribution in [2.75, 3.05) is 40.0 Å². The van der Waals surface area contributed by atoms with Crippen LogP contribution in [0.1, 0.15) is 30.1 Å². The molecule has 2 heterocycles. The highest BCUT2D eigenvalue weighted by Crippen LogP contribution is 2.29. The van der Waals surface area contributed by atoms with Crippen molar-refractivity contribution in [3.8, 4) is 11.5 Å². The van der Waals surface area contributed by atoms with E-state index in [0.29, 0.717) is 6.61 Å². The molecule has 1 aromatic carbocycles. The largest absolute Gasteiger partial charge is 0.493 e. The van der Waals surface area contributed by atoms with Crippen LogP contribution in [0, 0.1) is 6.92 Å². The summed E-state index contributed by atoms with van der Waals surface area (Å²) < 4.78 is 16.9. The Labute approximate surface area is 171 Å². The molecule has 7 heteroatoms. The number of morpholine rings is 1. The monoisotopic (exact) mass is 405 g/mol. The summed E-state index contributed by atoms with van der Waals surface area (Å²) in [5, 5.41) is 6.66. The zero-order chi connectivity index (χ0) is 20.0. The molecule has 154 valence electrons. The van der Waals surface area contributed by atoms with E-state index in [0.717, 1.165) is 61.6 Å². The van der Waals surface area contributed by atoms with E-state index in [9.17, 15) is 0 Å². The Hall–Kier alpha value is -1.67. The van der Waals surface area contributed by atoms with Crippen LogP contribution in [0.5, 0.6) is 11.5 Å². The number of hydrogen-bond acceptors (Lipinski definition) is 7. The van der Waals surface area contributed by atoms with Crippen molar-refractivity contribution in [2.45, 2.75) is 39.5 Å². The summed E-state index contributed by atoms with van der Waals surface area (Å²) in [4.78, 5) is 6.92. The van der Waals surface area contributed by atoms with Crippen LogP contribution in [0.15, 0.2) is 23.6 Å². The Balaban J connectivity index is 1.52. The Morgan fingerprint density at radius 3 is 2.71 bits per heavy atom. The first kappa shape index (κ1) is 21.0. The summed E-state index contributed by atoms with van der Waals surface area (Å²) in [5.41, 5.74) is 2.22. The Bertz CT molecular complexity index is 757. The van der Waals surface area contributed by atoms with E-state index in [4.69, 9.17) is 14.2 Å². The lowest BCUT2D eigenvalue weighted by molar-refractivity contribution is -0.00967. The number of hydrogen-bond donors (Lipinski definition) is 1. The van der Waals surface area contributed by atoms with Gasteiger partial charge in [-0.1, -0.05) is 6.07 Å². The van der Waals surface area contributed by atoms with Crippen molar-refractivity contribution in [3.05, 3.63) is 39.8 Å². The number of rotatable bonds is 9. The molecular formula is C21H31N3O3S. The molecule has 0 radical (unpaired) electrons. The molecule has 0 bridgehead atoms. The average molecular weight is 406 g/mol. The van der Waals surface area contributed by atoms with Gasteiger partial charge in [0.15, 0.2) is 11.5 Å². The molecule has 0 amide bonds. The highest BCUT2D eigenvalue weighted by atomic mass is 32.1. The van der Waals surface area contributed by atoms with Gasteiger partial charge in [-0.05, 0) is 38.5 Å². The summed E-state index contributed by atoms with van der Waals surface area (Å²) in [6.45, 7) is 12.3. The van der Waals surface area contributed by atoms with Gasteiger partial charge in [-0.15, -0.1) is 11.3 Å². The molecule has 1 N–H and O–H groups in total. The number of aromatic nitrogens is 1. The Kier molecular flexibility index (Phi) is 7.29. The van der Waals surface area contributed by atoms with E-state index in [1.807, 2.05) is 24.4 Å². The van der Waals surface area contributed by atoms with Crippen molar-refractivity contribution < 1.29 is 14.2 Å². The van der Waals surface area contributed by atoms with Crippen LogP contribution in [-0.2, 0) is 17.9 Å². The summed E-state index contributed by atoms with van der Waals surface area (Å²) in [5.74, 6) is 1.49. The summed E-state index contributed by atoms with van der Waals surface area (Å²) in [7, 11) is 1.67. The molecule has 1 saturated heterocycles. The molecule has 0 unspecified atom stereocenters. The fourth-order valence-corrected chi connectivity index (χ4v) is 3.96. The van der Waals surface area contributed by atoms with E-state index >= 15 is 0 Å². The number of aryl methyl sites for hydroxylation is 1. The zero-order valence-electron chi connectivity index (χ0n) is 17.3. The van der Waals surface area contributed by atoms with Crippen molar-refractivity contribution in [2.24, 2.45) is 0 Å². The van der Waals surface area contributed by atoms with Crippen LogP contribution >= 0.6 is 11.3 Å². The predicted molar refractivity (Wildman–Crippen MR) is 112 cm³/mol. The number of nitrogens with one attached hydrogen (secondary N) is 1. The number of methoxy groups -OCH3 is 1. The molecule has 0 aliphatic carbocycles. The second-order valence-corrected chi connectivity index (χ2v) is 8.71. The number of ether oxygens (including phenoxy) is 3. The minimum Gasteiger partial charge on any atom is -0.493 e. The van der Waals surface area contributed by atoms with Gasteiger partial charge in [-0.2, -0.15) is 0 Å². The first-order valence-electron chi connectivity index (χ1n) is 9.72. The van der Waals surface area contributed by atoms with E-state index in [2.05, 4.69) is 35.1 Å². The maximum atomic E-state index is 5.90. The van der Waals surface area contributed by atoms with Crippen LogP contribution < -0.4 is 14.8 Å². The Morgan fingerprint density at radius 2 is 2.04 bits per heavy atom. The van der Waals surface area contributed by atoms with Crippen LogP contribution in [0.2, 0.25) is 0 Å². The normalized spacial score (nSPS) is 15.6. The first-order valence-corrected chi connectivity index (χ1v) is 10.6. The molecule has 1 aliphatic rings. The van der Waals surface area contributed by atoms with E-state index in [1.165, 1.54) is 5.56 Å². The van der Waals surface area contributed by atoms with Crippen LogP contribution in [0.25, 0.3) is 0 Å². The lowest BCUT2D eigenvalue weighted by Gasteiger charge is -2.41. The lowest BCUT2D eigenvalue weighted by atomic mass is 10.0. The standard InChI is InChI=1S/C21H31N3O3S/c1-16-23-18(14-28-16)13-27-19-6-5-17(11-20(19)25-4)12-22-15-21(2,3)24-7-9-26-10-8-24/h5-6,11,14,22H,7-10,12-13,15H2,1-4H3. The number of nitrogens with zero attached hydrogens (tertiary/aromatic N) is 2. The molecule has 0 spiro atoms. The van der Waals surface area contributed by atoms with E-state index in [1.54, 1.807) is 18.4 Å². The van der Waals surface area contributed by atoms with Gasteiger partial charge in [-0.25, -0.2) is 4.98 Å². The predicted octanol–water partition coefficient (Wildman–Crippen LogP) is 3.24. The minimum absolute atomic E-state index is 0.0998. The smallest absolute Gasteiger partial charge is 0.161 e. The van der Waals surface area contributed by atoms with Crippen LogP contribution in [-0.4, -0.2) is 55.4 Å². The molecular weight excluding hydrogens is 374 g/mol. The zero-order valence-corrected chi connectivity index (χ0v) is 18.1. The fourth-order valence-electron chi connectivity index (χ4n) is 3.36. The average Bonchev–Trinajstić information content (AvgIpc) is 3.12. The Morgan fingerprint density at radius 1 is 1.25 bits per heavy atom. The van der Waals surface area contributed by atoms with Crippen molar-refractivity contribution in [3.63, 3.8) is 0 Å². The van der Waals surface area contributed by atoms with Gasteiger partial charge in [0.25, 0.3) is 0 Å². The van der Waals surface area contributed by atoms with Gasteiger partial charge in [0.1, 0.15) is 6.61 Å². The second kappa shape index (κ2) is 9.69. The van der Waals surface area contributed by atoms with Gasteiger partial charge < -0.3 is 19.5 Å². The third-order valence-corrected chi connectivity index (χ3v) is 5.85. The SMILES string of the molecule is COc1cc(CNCC(C)(C)N2CCOCC2)ccc1OCc1csc(C)n1. The molecule has 3 rings (SSSR count). The van der Waals surface area contributed by atoms with Gasteiger partial charge in [-0.3, -0.25) is 4.90 Å².